The number of hydrogen-bond donors (Lipinski definition) is 1. The molecule has 10 heteroatoms. The third-order valence-electron chi connectivity index (χ3n) is 3.58. The van der Waals surface area contributed by atoms with Gasteiger partial charge in [0.25, 0.3) is 0 Å². The second kappa shape index (κ2) is 6.89. The highest BCUT2D eigenvalue weighted by molar-refractivity contribution is 7.92. The molecule has 0 unspecified atom stereocenters. The molecule has 2 aromatic rings. The lowest BCUT2D eigenvalue weighted by atomic mass is 10.2. The molecule has 1 fully saturated rings. The van der Waals surface area contributed by atoms with Crippen LogP contribution in [-0.4, -0.2) is 62.5 Å². The summed E-state index contributed by atoms with van der Waals surface area (Å²) in [5, 5.41) is 0. The first-order chi connectivity index (χ1) is 11.8. The number of nitrogens with two attached hydrogens (primary N) is 1. The zero-order chi connectivity index (χ0) is 18.0. The molecule has 0 aliphatic carbocycles. The molecule has 2 N–H and O–H groups in total. The number of aromatic nitrogens is 4. The van der Waals surface area contributed by atoms with Crippen molar-refractivity contribution in [3.8, 4) is 11.5 Å². The van der Waals surface area contributed by atoms with E-state index in [1.54, 1.807) is 30.8 Å². The molecule has 25 heavy (non-hydrogen) atoms. The highest BCUT2D eigenvalue weighted by Crippen LogP contribution is 2.26. The zero-order valence-electron chi connectivity index (χ0n) is 14.4. The van der Waals surface area contributed by atoms with Crippen LogP contribution in [0.1, 0.15) is 6.92 Å². The predicted octanol–water partition coefficient (Wildman–Crippen LogP) is 1.10. The number of hydrogen-bond acceptors (Lipinski definition) is 9. The van der Waals surface area contributed by atoms with E-state index in [0.717, 1.165) is 0 Å². The Balaban J connectivity index is 2.13. The highest BCUT2D eigenvalue weighted by atomic mass is 32.2. The Morgan fingerprint density at radius 2 is 2.16 bits per heavy atom. The number of nitrogen functional groups attached to an aromatic ring is 1. The third-order valence-corrected chi connectivity index (χ3v) is 4.20. The van der Waals surface area contributed by atoms with Gasteiger partial charge in [-0.1, -0.05) is 0 Å². The van der Waals surface area contributed by atoms with Crippen molar-refractivity contribution < 1.29 is 8.95 Å². The van der Waals surface area contributed by atoms with Crippen LogP contribution >= 0.6 is 0 Å². The van der Waals surface area contributed by atoms with Gasteiger partial charge in [0.1, 0.15) is 11.5 Å². The van der Waals surface area contributed by atoms with Gasteiger partial charge in [0, 0.05) is 41.0 Å². The molecule has 134 valence electrons. The van der Waals surface area contributed by atoms with E-state index in [9.17, 15) is 4.21 Å². The standard InChI is InChI=1S/C15H21N7O2S/c1-10-9-24-7-6-22(10)13-8-12(21-25(2,3)23)19-14(20-13)11-4-5-17-15(16)18-11/h4-5,8,10H,6-7,9H2,1-3H3,(H2,16,17,18)/t10-/m1/s1. The lowest BCUT2D eigenvalue weighted by Gasteiger charge is -2.34. The summed E-state index contributed by atoms with van der Waals surface area (Å²) in [6.07, 6.45) is 4.67. The maximum absolute atomic E-state index is 12.1. The van der Waals surface area contributed by atoms with Gasteiger partial charge in [0.15, 0.2) is 11.6 Å². The summed E-state index contributed by atoms with van der Waals surface area (Å²) in [5.74, 6) is 1.55. The van der Waals surface area contributed by atoms with Crippen molar-refractivity contribution in [2.45, 2.75) is 13.0 Å². The number of anilines is 2. The van der Waals surface area contributed by atoms with Gasteiger partial charge < -0.3 is 15.4 Å². The molecule has 9 nitrogen and oxygen atoms in total. The minimum absolute atomic E-state index is 0.138. The number of rotatable bonds is 3. The van der Waals surface area contributed by atoms with Crippen LogP contribution < -0.4 is 10.6 Å². The van der Waals surface area contributed by atoms with E-state index < -0.39 is 9.73 Å². The molecule has 1 saturated heterocycles. The first-order valence-electron chi connectivity index (χ1n) is 7.81. The molecule has 0 aromatic carbocycles. The smallest absolute Gasteiger partial charge is 0.220 e. The largest absolute Gasteiger partial charge is 0.377 e. The van der Waals surface area contributed by atoms with Gasteiger partial charge in [-0.15, -0.1) is 0 Å². The molecule has 0 amide bonds. The summed E-state index contributed by atoms with van der Waals surface area (Å²) in [6, 6.07) is 3.58. The lowest BCUT2D eigenvalue weighted by Crippen LogP contribution is -2.44. The third kappa shape index (κ3) is 4.40. The first-order valence-corrected chi connectivity index (χ1v) is 10.1. The van der Waals surface area contributed by atoms with Gasteiger partial charge in [0.2, 0.25) is 5.95 Å². The summed E-state index contributed by atoms with van der Waals surface area (Å²) in [5.41, 5.74) is 6.16. The Morgan fingerprint density at radius 1 is 1.36 bits per heavy atom. The van der Waals surface area contributed by atoms with E-state index in [0.29, 0.717) is 42.9 Å². The van der Waals surface area contributed by atoms with Crippen LogP contribution in [0.25, 0.3) is 11.5 Å². The molecule has 1 aliphatic rings. The maximum atomic E-state index is 12.1. The van der Waals surface area contributed by atoms with Crippen LogP contribution in [0, 0.1) is 0 Å². The summed E-state index contributed by atoms with van der Waals surface area (Å²) >= 11 is 0. The minimum Gasteiger partial charge on any atom is -0.377 e. The van der Waals surface area contributed by atoms with Gasteiger partial charge in [-0.3, -0.25) is 0 Å². The molecule has 0 radical (unpaired) electrons. The fourth-order valence-corrected chi connectivity index (χ4v) is 3.07. The normalized spacial score (nSPS) is 18.2. The van der Waals surface area contributed by atoms with Crippen LogP contribution in [0.5, 0.6) is 0 Å². The van der Waals surface area contributed by atoms with E-state index in [4.69, 9.17) is 10.5 Å². The van der Waals surface area contributed by atoms with E-state index in [1.165, 1.54) is 0 Å². The minimum atomic E-state index is -2.36. The summed E-state index contributed by atoms with van der Waals surface area (Å²) in [4.78, 5) is 19.2. The molecule has 0 spiro atoms. The molecular formula is C15H21N7O2S. The van der Waals surface area contributed by atoms with E-state index >= 15 is 0 Å². The summed E-state index contributed by atoms with van der Waals surface area (Å²) in [7, 11) is -2.36. The molecular weight excluding hydrogens is 342 g/mol. The zero-order valence-corrected chi connectivity index (χ0v) is 15.2. The van der Waals surface area contributed by atoms with Crippen LogP contribution in [0.2, 0.25) is 0 Å². The fraction of sp³-hybridized carbons (Fsp3) is 0.467. The fourth-order valence-electron chi connectivity index (χ4n) is 2.52. The molecule has 1 aliphatic heterocycles. The quantitative estimate of drug-likeness (QED) is 0.861. The van der Waals surface area contributed by atoms with Gasteiger partial charge in [-0.2, -0.15) is 4.36 Å². The summed E-state index contributed by atoms with van der Waals surface area (Å²) < 4.78 is 21.8. The van der Waals surface area contributed by atoms with Gasteiger partial charge in [0.05, 0.1) is 19.3 Å². The van der Waals surface area contributed by atoms with Gasteiger partial charge in [-0.05, 0) is 13.0 Å². The lowest BCUT2D eigenvalue weighted by molar-refractivity contribution is 0.0985. The van der Waals surface area contributed by atoms with Gasteiger partial charge >= 0.3 is 0 Å². The van der Waals surface area contributed by atoms with E-state index in [2.05, 4.69) is 36.1 Å². The molecule has 1 atom stereocenters. The highest BCUT2D eigenvalue weighted by Gasteiger charge is 2.22. The molecule has 2 aromatic heterocycles. The second-order valence-electron chi connectivity index (χ2n) is 6.10. The average molecular weight is 363 g/mol. The molecule has 3 heterocycles. The maximum Gasteiger partial charge on any atom is 0.220 e. The van der Waals surface area contributed by atoms with Crippen molar-refractivity contribution in [1.82, 2.24) is 19.9 Å². The summed E-state index contributed by atoms with van der Waals surface area (Å²) in [6.45, 7) is 4.00. The van der Waals surface area contributed by atoms with Crippen molar-refractivity contribution in [1.29, 1.82) is 0 Å². The monoisotopic (exact) mass is 363 g/mol. The molecule has 0 bridgehead atoms. The van der Waals surface area contributed by atoms with Crippen molar-refractivity contribution in [2.75, 3.05) is 42.9 Å². The Kier molecular flexibility index (Phi) is 4.82. The van der Waals surface area contributed by atoms with Crippen LogP contribution in [0.15, 0.2) is 22.7 Å². The van der Waals surface area contributed by atoms with Gasteiger partial charge in [-0.25, -0.2) is 24.1 Å². The Hall–Kier alpha value is -2.33. The number of morpholine rings is 1. The topological polar surface area (TPSA) is 119 Å². The van der Waals surface area contributed by atoms with Crippen molar-refractivity contribution >= 4 is 27.3 Å². The molecule has 0 saturated carbocycles. The van der Waals surface area contributed by atoms with E-state index in [-0.39, 0.29) is 12.0 Å². The second-order valence-corrected chi connectivity index (χ2v) is 8.64. The first kappa shape index (κ1) is 17.5. The van der Waals surface area contributed by atoms with Crippen molar-refractivity contribution in [3.05, 3.63) is 18.3 Å². The van der Waals surface area contributed by atoms with E-state index in [1.807, 2.05) is 0 Å². The van der Waals surface area contributed by atoms with Crippen LogP contribution in [0.3, 0.4) is 0 Å². The Morgan fingerprint density at radius 3 is 2.84 bits per heavy atom. The number of ether oxygens (including phenoxy) is 1. The van der Waals surface area contributed by atoms with Crippen molar-refractivity contribution in [3.63, 3.8) is 0 Å². The van der Waals surface area contributed by atoms with Crippen molar-refractivity contribution in [2.24, 2.45) is 4.36 Å². The SMILES string of the molecule is C[C@@H]1COCCN1c1cc(N=S(C)(C)=O)nc(-c2ccnc(N)n2)n1. The number of nitrogens with zero attached hydrogens (tertiary/aromatic N) is 6. The van der Waals surface area contributed by atoms with Crippen LogP contribution in [0.4, 0.5) is 17.6 Å². The Labute approximate surface area is 146 Å². The van der Waals surface area contributed by atoms with Crippen LogP contribution in [-0.2, 0) is 14.5 Å². The average Bonchev–Trinajstić information content (AvgIpc) is 2.53. The molecule has 3 rings (SSSR count). The Bertz CT molecular complexity index is 887. The predicted molar refractivity (Wildman–Crippen MR) is 97.2 cm³/mol.